The average Bonchev–Trinajstić information content (AvgIpc) is 2.62. The Hall–Kier alpha value is -2.65. The maximum atomic E-state index is 11.6. The fourth-order valence-corrected chi connectivity index (χ4v) is 2.64. The summed E-state index contributed by atoms with van der Waals surface area (Å²) < 4.78 is 5.45. The van der Waals surface area contributed by atoms with Gasteiger partial charge in [-0.05, 0) is 23.8 Å². The van der Waals surface area contributed by atoms with Gasteiger partial charge in [-0.25, -0.2) is 0 Å². The third kappa shape index (κ3) is 2.36. The fraction of sp³-hybridized carbons (Fsp3) is 0.105. The van der Waals surface area contributed by atoms with Gasteiger partial charge in [-0.15, -0.1) is 0 Å². The molecule has 0 bridgehead atoms. The zero-order chi connectivity index (χ0) is 15.4. The maximum absolute atomic E-state index is 11.6. The molecular formula is C19H17NO2. The van der Waals surface area contributed by atoms with E-state index < -0.39 is 5.60 Å². The van der Waals surface area contributed by atoms with E-state index in [1.807, 2.05) is 72.8 Å². The third-order valence-electron chi connectivity index (χ3n) is 3.72. The predicted molar refractivity (Wildman–Crippen MR) is 85.8 cm³/mol. The first kappa shape index (κ1) is 14.3. The van der Waals surface area contributed by atoms with Gasteiger partial charge in [-0.3, -0.25) is 4.98 Å². The van der Waals surface area contributed by atoms with Gasteiger partial charge in [0.2, 0.25) is 0 Å². The number of pyridine rings is 1. The van der Waals surface area contributed by atoms with Crippen molar-refractivity contribution < 1.29 is 9.84 Å². The van der Waals surface area contributed by atoms with Crippen LogP contribution >= 0.6 is 0 Å². The Morgan fingerprint density at radius 3 is 2.23 bits per heavy atom. The van der Waals surface area contributed by atoms with Crippen LogP contribution < -0.4 is 4.74 Å². The molecule has 0 fully saturated rings. The first-order chi connectivity index (χ1) is 10.8. The number of ether oxygens (including phenoxy) is 1. The van der Waals surface area contributed by atoms with Crippen molar-refractivity contribution in [1.82, 2.24) is 4.98 Å². The Balaban J connectivity index is 2.29. The largest absolute Gasteiger partial charge is 0.496 e. The molecule has 0 aliphatic heterocycles. The summed E-state index contributed by atoms with van der Waals surface area (Å²) in [5, 5.41) is 11.6. The molecule has 1 heterocycles. The number of benzene rings is 2. The van der Waals surface area contributed by atoms with E-state index in [1.165, 1.54) is 0 Å². The highest BCUT2D eigenvalue weighted by atomic mass is 16.5. The minimum Gasteiger partial charge on any atom is -0.496 e. The van der Waals surface area contributed by atoms with Gasteiger partial charge in [0.1, 0.15) is 5.75 Å². The van der Waals surface area contributed by atoms with Crippen LogP contribution in [-0.2, 0) is 5.60 Å². The fourth-order valence-electron chi connectivity index (χ4n) is 2.64. The van der Waals surface area contributed by atoms with Crippen LogP contribution in [0, 0.1) is 0 Å². The lowest BCUT2D eigenvalue weighted by Gasteiger charge is -2.30. The molecule has 3 heteroatoms. The average molecular weight is 291 g/mol. The Morgan fingerprint density at radius 1 is 0.864 bits per heavy atom. The van der Waals surface area contributed by atoms with Gasteiger partial charge in [0.05, 0.1) is 12.8 Å². The summed E-state index contributed by atoms with van der Waals surface area (Å²) in [4.78, 5) is 4.37. The normalized spacial score (nSPS) is 13.4. The van der Waals surface area contributed by atoms with Crippen molar-refractivity contribution in [2.75, 3.05) is 7.11 Å². The van der Waals surface area contributed by atoms with E-state index in [0.29, 0.717) is 17.0 Å². The second kappa shape index (κ2) is 6.00. The first-order valence-corrected chi connectivity index (χ1v) is 7.09. The summed E-state index contributed by atoms with van der Waals surface area (Å²) in [5.41, 5.74) is 0.612. The molecule has 0 aliphatic carbocycles. The van der Waals surface area contributed by atoms with Gasteiger partial charge in [0.25, 0.3) is 0 Å². The highest BCUT2D eigenvalue weighted by molar-refractivity contribution is 5.50. The molecule has 2 aromatic carbocycles. The van der Waals surface area contributed by atoms with Gasteiger partial charge >= 0.3 is 0 Å². The molecule has 0 radical (unpaired) electrons. The lowest BCUT2D eigenvalue weighted by atomic mass is 9.82. The van der Waals surface area contributed by atoms with Gasteiger partial charge < -0.3 is 9.84 Å². The first-order valence-electron chi connectivity index (χ1n) is 7.09. The van der Waals surface area contributed by atoms with Crippen molar-refractivity contribution in [2.24, 2.45) is 0 Å². The van der Waals surface area contributed by atoms with Crippen LogP contribution in [0.2, 0.25) is 0 Å². The summed E-state index contributed by atoms with van der Waals surface area (Å²) in [5.74, 6) is 0.625. The van der Waals surface area contributed by atoms with E-state index in [9.17, 15) is 5.11 Å². The summed E-state index contributed by atoms with van der Waals surface area (Å²) in [6, 6.07) is 22.5. The van der Waals surface area contributed by atoms with E-state index in [1.54, 1.807) is 13.3 Å². The SMILES string of the molecule is COc1ccccc1C(O)(c1ccccc1)c1ccccn1. The molecule has 3 nitrogen and oxygen atoms in total. The second-order valence-electron chi connectivity index (χ2n) is 4.99. The van der Waals surface area contributed by atoms with E-state index in [4.69, 9.17) is 4.74 Å². The number of hydrogen-bond donors (Lipinski definition) is 1. The Kier molecular flexibility index (Phi) is 3.90. The monoisotopic (exact) mass is 291 g/mol. The molecular weight excluding hydrogens is 274 g/mol. The molecule has 0 spiro atoms. The summed E-state index contributed by atoms with van der Waals surface area (Å²) in [6.45, 7) is 0. The van der Waals surface area contributed by atoms with Crippen molar-refractivity contribution >= 4 is 0 Å². The number of para-hydroxylation sites is 1. The lowest BCUT2D eigenvalue weighted by molar-refractivity contribution is 0.117. The molecule has 110 valence electrons. The second-order valence-corrected chi connectivity index (χ2v) is 4.99. The molecule has 3 rings (SSSR count). The standard InChI is InChI=1S/C19H17NO2/c1-22-17-12-6-5-11-16(17)19(21,15-9-3-2-4-10-15)18-13-7-8-14-20-18/h2-14,21H,1H3. The summed E-state index contributed by atoms with van der Waals surface area (Å²) in [7, 11) is 1.60. The Morgan fingerprint density at radius 2 is 1.55 bits per heavy atom. The minimum absolute atomic E-state index is 0.561. The zero-order valence-electron chi connectivity index (χ0n) is 12.3. The number of rotatable bonds is 4. The maximum Gasteiger partial charge on any atom is 0.160 e. The Bertz CT molecular complexity index is 702. The van der Waals surface area contributed by atoms with Crippen molar-refractivity contribution in [2.45, 2.75) is 5.60 Å². The van der Waals surface area contributed by atoms with Crippen LogP contribution in [0.3, 0.4) is 0 Å². The quantitative estimate of drug-likeness (QED) is 0.801. The lowest BCUT2D eigenvalue weighted by Crippen LogP contribution is -2.30. The summed E-state index contributed by atoms with van der Waals surface area (Å²) >= 11 is 0. The molecule has 1 unspecified atom stereocenters. The Labute approximate surface area is 129 Å². The van der Waals surface area contributed by atoms with Gasteiger partial charge in [0, 0.05) is 11.8 Å². The van der Waals surface area contributed by atoms with Crippen LogP contribution in [0.25, 0.3) is 0 Å². The number of aliphatic hydroxyl groups is 1. The molecule has 0 amide bonds. The number of hydrogen-bond acceptors (Lipinski definition) is 3. The highest BCUT2D eigenvalue weighted by Crippen LogP contribution is 2.39. The van der Waals surface area contributed by atoms with Crippen molar-refractivity contribution in [1.29, 1.82) is 0 Å². The molecule has 1 N–H and O–H groups in total. The van der Waals surface area contributed by atoms with Crippen molar-refractivity contribution in [3.8, 4) is 5.75 Å². The van der Waals surface area contributed by atoms with E-state index in [-0.39, 0.29) is 0 Å². The van der Waals surface area contributed by atoms with Crippen LogP contribution in [0.5, 0.6) is 5.75 Å². The minimum atomic E-state index is -1.37. The zero-order valence-corrected chi connectivity index (χ0v) is 12.3. The van der Waals surface area contributed by atoms with Crippen LogP contribution in [-0.4, -0.2) is 17.2 Å². The highest BCUT2D eigenvalue weighted by Gasteiger charge is 2.37. The predicted octanol–water partition coefficient (Wildman–Crippen LogP) is 3.37. The van der Waals surface area contributed by atoms with Crippen LogP contribution in [0.4, 0.5) is 0 Å². The van der Waals surface area contributed by atoms with E-state index in [2.05, 4.69) is 4.98 Å². The van der Waals surface area contributed by atoms with E-state index >= 15 is 0 Å². The summed E-state index contributed by atoms with van der Waals surface area (Å²) in [6.07, 6.45) is 1.68. The molecule has 1 atom stereocenters. The van der Waals surface area contributed by atoms with Gasteiger partial charge in [0.15, 0.2) is 5.60 Å². The topological polar surface area (TPSA) is 42.4 Å². The molecule has 0 saturated heterocycles. The third-order valence-corrected chi connectivity index (χ3v) is 3.72. The van der Waals surface area contributed by atoms with Gasteiger partial charge in [-0.2, -0.15) is 0 Å². The number of aromatic nitrogens is 1. The van der Waals surface area contributed by atoms with Crippen molar-refractivity contribution in [3.05, 3.63) is 95.8 Å². The number of methoxy groups -OCH3 is 1. The molecule has 3 aromatic rings. The van der Waals surface area contributed by atoms with Crippen LogP contribution in [0.15, 0.2) is 79.0 Å². The van der Waals surface area contributed by atoms with E-state index in [0.717, 1.165) is 5.56 Å². The van der Waals surface area contributed by atoms with Crippen molar-refractivity contribution in [3.63, 3.8) is 0 Å². The molecule has 0 saturated carbocycles. The molecule has 0 aliphatic rings. The molecule has 1 aromatic heterocycles. The van der Waals surface area contributed by atoms with Gasteiger partial charge in [-0.1, -0.05) is 54.6 Å². The number of nitrogens with zero attached hydrogens (tertiary/aromatic N) is 1. The van der Waals surface area contributed by atoms with Crippen LogP contribution in [0.1, 0.15) is 16.8 Å². The smallest absolute Gasteiger partial charge is 0.160 e. The molecule has 22 heavy (non-hydrogen) atoms.